The number of rotatable bonds is 5. The van der Waals surface area contributed by atoms with E-state index in [9.17, 15) is 14.7 Å². The Balaban J connectivity index is 2.98. The zero-order valence-corrected chi connectivity index (χ0v) is 19.4. The molecule has 0 aromatic rings. The van der Waals surface area contributed by atoms with Crippen LogP contribution in [0.4, 0.5) is 4.79 Å². The average Bonchev–Trinajstić information content (AvgIpc) is 2.87. The predicted octanol–water partition coefficient (Wildman–Crippen LogP) is 2.88. The van der Waals surface area contributed by atoms with E-state index in [0.29, 0.717) is 13.0 Å². The highest BCUT2D eigenvalue weighted by molar-refractivity contribution is 6.74. The molecule has 0 aromatic heterocycles. The maximum absolute atomic E-state index is 12.7. The Kier molecular flexibility index (Phi) is 7.52. The Morgan fingerprint density at radius 2 is 1.78 bits per heavy atom. The lowest BCUT2D eigenvalue weighted by molar-refractivity contribution is -0.123. The molecule has 1 fully saturated rings. The summed E-state index contributed by atoms with van der Waals surface area (Å²) in [6, 6.07) is -0.507. The fourth-order valence-electron chi connectivity index (χ4n) is 2.83. The van der Waals surface area contributed by atoms with E-state index in [4.69, 9.17) is 9.16 Å². The summed E-state index contributed by atoms with van der Waals surface area (Å²) in [5.74, 6) is -0.264. The molecule has 0 bridgehead atoms. The molecule has 27 heavy (non-hydrogen) atoms. The maximum atomic E-state index is 12.7. The number of amides is 2. The van der Waals surface area contributed by atoms with Crippen molar-refractivity contribution in [2.45, 2.75) is 96.4 Å². The van der Waals surface area contributed by atoms with Crippen LogP contribution in [0.2, 0.25) is 18.1 Å². The number of carbonyl (C=O) groups is 2. The molecule has 0 radical (unpaired) electrons. The number of aliphatic hydroxyl groups is 1. The van der Waals surface area contributed by atoms with Gasteiger partial charge < -0.3 is 19.6 Å². The second kappa shape index (κ2) is 8.49. The Bertz CT molecular complexity index is 539. The first-order chi connectivity index (χ1) is 12.1. The molecule has 0 unspecified atom stereocenters. The van der Waals surface area contributed by atoms with Crippen molar-refractivity contribution in [1.82, 2.24) is 10.2 Å². The van der Waals surface area contributed by atoms with Gasteiger partial charge in [0.05, 0.1) is 24.7 Å². The van der Waals surface area contributed by atoms with Crippen molar-refractivity contribution in [1.29, 1.82) is 0 Å². The number of nitrogens with one attached hydrogen (secondary N) is 1. The van der Waals surface area contributed by atoms with Crippen LogP contribution in [0.5, 0.6) is 0 Å². The van der Waals surface area contributed by atoms with Gasteiger partial charge in [0.25, 0.3) is 0 Å². The molecule has 1 aliphatic heterocycles. The largest absolute Gasteiger partial charge is 0.444 e. The van der Waals surface area contributed by atoms with Crippen LogP contribution in [0, 0.1) is 0 Å². The third-order valence-corrected chi connectivity index (χ3v) is 9.85. The number of hydrogen-bond donors (Lipinski definition) is 2. The minimum Gasteiger partial charge on any atom is -0.444 e. The van der Waals surface area contributed by atoms with Crippen LogP contribution in [0.15, 0.2) is 0 Å². The first kappa shape index (κ1) is 23.9. The monoisotopic (exact) mass is 402 g/mol. The Morgan fingerprint density at radius 1 is 1.22 bits per heavy atom. The van der Waals surface area contributed by atoms with E-state index >= 15 is 0 Å². The molecule has 0 aromatic carbocycles. The minimum absolute atomic E-state index is 0.0442. The Morgan fingerprint density at radius 3 is 2.22 bits per heavy atom. The molecule has 0 spiro atoms. The molecule has 1 aliphatic rings. The van der Waals surface area contributed by atoms with Gasteiger partial charge in [0.15, 0.2) is 8.32 Å². The molecule has 3 atom stereocenters. The molecule has 0 aliphatic carbocycles. The zero-order chi connectivity index (χ0) is 21.2. The van der Waals surface area contributed by atoms with Crippen LogP contribution >= 0.6 is 0 Å². The topological polar surface area (TPSA) is 88.1 Å². The average molecular weight is 403 g/mol. The van der Waals surface area contributed by atoms with Gasteiger partial charge in [-0.05, 0) is 45.3 Å². The van der Waals surface area contributed by atoms with Gasteiger partial charge in [-0.25, -0.2) is 4.79 Å². The second-order valence-electron chi connectivity index (χ2n) is 9.88. The molecule has 1 saturated heterocycles. The number of likely N-dealkylation sites (tertiary alicyclic amines) is 1. The van der Waals surface area contributed by atoms with Crippen LogP contribution < -0.4 is 5.32 Å². The van der Waals surface area contributed by atoms with Crippen molar-refractivity contribution in [3.63, 3.8) is 0 Å². The highest BCUT2D eigenvalue weighted by Gasteiger charge is 2.46. The molecule has 158 valence electrons. The van der Waals surface area contributed by atoms with Gasteiger partial charge in [0.2, 0.25) is 5.91 Å². The smallest absolute Gasteiger partial charge is 0.410 e. The van der Waals surface area contributed by atoms with Crippen molar-refractivity contribution >= 4 is 20.3 Å². The summed E-state index contributed by atoms with van der Waals surface area (Å²) in [5.41, 5.74) is -0.633. The molecular weight excluding hydrogens is 364 g/mol. The molecule has 2 amide bonds. The van der Waals surface area contributed by atoms with Crippen LogP contribution in [0.25, 0.3) is 0 Å². The summed E-state index contributed by atoms with van der Waals surface area (Å²) in [4.78, 5) is 25.9. The fraction of sp³-hybridized carbons (Fsp3) is 0.895. The number of hydrogen-bond acceptors (Lipinski definition) is 5. The van der Waals surface area contributed by atoms with E-state index in [1.165, 1.54) is 11.9 Å². The first-order valence-electron chi connectivity index (χ1n) is 9.63. The molecule has 0 saturated carbocycles. The van der Waals surface area contributed by atoms with Gasteiger partial charge in [-0.1, -0.05) is 20.8 Å². The van der Waals surface area contributed by atoms with Crippen LogP contribution in [0.1, 0.15) is 54.4 Å². The van der Waals surface area contributed by atoms with E-state index in [-0.39, 0.29) is 23.5 Å². The lowest BCUT2D eigenvalue weighted by atomic mass is 10.0. The van der Waals surface area contributed by atoms with Gasteiger partial charge in [-0.15, -0.1) is 0 Å². The van der Waals surface area contributed by atoms with Crippen molar-refractivity contribution < 1.29 is 23.9 Å². The lowest BCUT2D eigenvalue weighted by Crippen LogP contribution is -2.46. The summed E-state index contributed by atoms with van der Waals surface area (Å²) in [7, 11) is -0.498. The number of nitrogens with zero attached hydrogens (tertiary/aromatic N) is 1. The van der Waals surface area contributed by atoms with Crippen LogP contribution in [-0.4, -0.2) is 67.8 Å². The van der Waals surface area contributed by atoms with Crippen molar-refractivity contribution in [2.75, 3.05) is 13.6 Å². The van der Waals surface area contributed by atoms with Gasteiger partial charge in [-0.2, -0.15) is 0 Å². The highest BCUT2D eigenvalue weighted by Crippen LogP contribution is 2.39. The summed E-state index contributed by atoms with van der Waals surface area (Å²) in [5, 5.41) is 13.1. The Hall–Kier alpha value is -1.12. The first-order valence-corrected chi connectivity index (χ1v) is 12.5. The number of aliphatic hydroxyl groups excluding tert-OH is 1. The third kappa shape index (κ3) is 6.76. The zero-order valence-electron chi connectivity index (χ0n) is 18.4. The van der Waals surface area contributed by atoms with E-state index in [2.05, 4.69) is 39.2 Å². The summed E-state index contributed by atoms with van der Waals surface area (Å²) in [6.45, 7) is 16.6. The standard InChI is InChI=1S/C19H38N2O5Si/c1-18(2,3)25-17(24)21-12-13(26-27(8,9)19(4,5)6)10-14(21)15(22)11-16(23)20-7/h13-15,22H,10-12H2,1-9H3,(H,20,23)/t13-,14+,15-/m1/s1. The summed E-state index contributed by atoms with van der Waals surface area (Å²) >= 11 is 0. The molecule has 2 N–H and O–H groups in total. The summed E-state index contributed by atoms with van der Waals surface area (Å²) in [6.07, 6.45) is -1.20. The van der Waals surface area contributed by atoms with Crippen LogP contribution in [0.3, 0.4) is 0 Å². The maximum Gasteiger partial charge on any atom is 0.410 e. The SMILES string of the molecule is CNC(=O)C[C@@H](O)[C@@H]1C[C@@H](O[Si](C)(C)C(C)(C)C)CN1C(=O)OC(C)(C)C. The van der Waals surface area contributed by atoms with Gasteiger partial charge in [0.1, 0.15) is 5.60 Å². The van der Waals surface area contributed by atoms with Crippen molar-refractivity contribution in [2.24, 2.45) is 0 Å². The lowest BCUT2D eigenvalue weighted by Gasteiger charge is -2.38. The normalized spacial score (nSPS) is 22.5. The molecule has 7 nitrogen and oxygen atoms in total. The number of ether oxygens (including phenoxy) is 1. The van der Waals surface area contributed by atoms with E-state index < -0.39 is 32.2 Å². The third-order valence-electron chi connectivity index (χ3n) is 5.32. The summed E-state index contributed by atoms with van der Waals surface area (Å²) < 4.78 is 12.0. The molecule has 1 heterocycles. The Labute approximate surface area is 164 Å². The second-order valence-corrected chi connectivity index (χ2v) is 14.6. The fourth-order valence-corrected chi connectivity index (χ4v) is 4.19. The molecule has 8 heteroatoms. The van der Waals surface area contributed by atoms with Gasteiger partial charge >= 0.3 is 6.09 Å². The molecular formula is C19H38N2O5Si. The number of carbonyl (C=O) groups excluding carboxylic acids is 2. The van der Waals surface area contributed by atoms with Gasteiger partial charge in [-0.3, -0.25) is 9.69 Å². The van der Waals surface area contributed by atoms with Crippen LogP contribution in [-0.2, 0) is 14.0 Å². The quantitative estimate of drug-likeness (QED) is 0.690. The van der Waals surface area contributed by atoms with E-state index in [0.717, 1.165) is 0 Å². The van der Waals surface area contributed by atoms with E-state index in [1.54, 1.807) is 20.8 Å². The molecule has 1 rings (SSSR count). The predicted molar refractivity (Wildman–Crippen MR) is 108 cm³/mol. The van der Waals surface area contributed by atoms with Crippen molar-refractivity contribution in [3.8, 4) is 0 Å². The van der Waals surface area contributed by atoms with Gasteiger partial charge in [0, 0.05) is 13.6 Å². The highest BCUT2D eigenvalue weighted by atomic mass is 28.4. The minimum atomic E-state index is -2.02. The van der Waals surface area contributed by atoms with Crippen molar-refractivity contribution in [3.05, 3.63) is 0 Å². The van der Waals surface area contributed by atoms with E-state index in [1.807, 2.05) is 0 Å².